The molecule has 0 saturated carbocycles. The third kappa shape index (κ3) is 4.92. The second-order valence-corrected chi connectivity index (χ2v) is 6.90. The quantitative estimate of drug-likeness (QED) is 0.898. The predicted octanol–water partition coefficient (Wildman–Crippen LogP) is 2.60. The largest absolute Gasteiger partial charge is 0.372 e. The monoisotopic (exact) mass is 337 g/mol. The summed E-state index contributed by atoms with van der Waals surface area (Å²) in [7, 11) is 3.80. The van der Waals surface area contributed by atoms with Crippen molar-refractivity contribution >= 4 is 6.03 Å². The molecule has 1 saturated heterocycles. The zero-order chi connectivity index (χ0) is 17.7. The average molecular weight is 337 g/mol. The van der Waals surface area contributed by atoms with Crippen molar-refractivity contribution in [2.45, 2.75) is 39.0 Å². The van der Waals surface area contributed by atoms with Gasteiger partial charge in [0.05, 0.1) is 18.8 Å². The molecule has 134 valence electrons. The minimum Gasteiger partial charge on any atom is -0.372 e. The molecular weight excluding hydrogens is 309 g/mol. The zero-order valence-electron chi connectivity index (χ0n) is 15.1. The molecule has 1 heterocycles. The van der Waals surface area contributed by atoms with Crippen molar-refractivity contribution in [2.24, 2.45) is 0 Å². The van der Waals surface area contributed by atoms with Crippen LogP contribution in [-0.2, 0) is 17.8 Å². The highest BCUT2D eigenvalue weighted by atomic mass is 19.1. The molecule has 2 rings (SSSR count). The molecular formula is C18H28FN3O2. The van der Waals surface area contributed by atoms with E-state index in [4.69, 9.17) is 4.74 Å². The van der Waals surface area contributed by atoms with Crippen LogP contribution in [0.5, 0.6) is 0 Å². The van der Waals surface area contributed by atoms with E-state index >= 15 is 0 Å². The lowest BCUT2D eigenvalue weighted by atomic mass is 10.0. The van der Waals surface area contributed by atoms with Crippen molar-refractivity contribution in [3.05, 3.63) is 35.1 Å². The van der Waals surface area contributed by atoms with Crippen LogP contribution >= 0.6 is 0 Å². The second kappa shape index (κ2) is 7.94. The van der Waals surface area contributed by atoms with Crippen LogP contribution in [0.15, 0.2) is 18.2 Å². The Balaban J connectivity index is 1.94. The summed E-state index contributed by atoms with van der Waals surface area (Å²) in [5, 5.41) is 2.93. The van der Waals surface area contributed by atoms with Gasteiger partial charge in [0.1, 0.15) is 5.82 Å². The minimum atomic E-state index is -0.273. The number of urea groups is 1. The number of nitrogens with zero attached hydrogens (tertiary/aromatic N) is 2. The Hall–Kier alpha value is -1.66. The van der Waals surface area contributed by atoms with Crippen LogP contribution in [-0.4, -0.2) is 55.2 Å². The van der Waals surface area contributed by atoms with E-state index < -0.39 is 0 Å². The number of carbonyl (C=O) groups is 1. The Morgan fingerprint density at radius 3 is 2.88 bits per heavy atom. The molecule has 6 heteroatoms. The molecule has 1 aromatic carbocycles. The number of nitrogens with one attached hydrogen (secondary N) is 1. The van der Waals surface area contributed by atoms with Gasteiger partial charge in [-0.05, 0) is 45.1 Å². The van der Waals surface area contributed by atoms with Gasteiger partial charge in [-0.1, -0.05) is 13.0 Å². The molecule has 1 aliphatic rings. The summed E-state index contributed by atoms with van der Waals surface area (Å²) < 4.78 is 19.6. The molecule has 1 aliphatic heterocycles. The van der Waals surface area contributed by atoms with E-state index in [1.807, 2.05) is 32.0 Å². The summed E-state index contributed by atoms with van der Waals surface area (Å²) in [6.45, 7) is 6.75. The molecule has 1 N–H and O–H groups in total. The number of benzene rings is 1. The van der Waals surface area contributed by atoms with Crippen LogP contribution in [0.3, 0.4) is 0 Å². The Kier molecular flexibility index (Phi) is 6.18. The fourth-order valence-electron chi connectivity index (χ4n) is 2.81. The molecule has 1 atom stereocenters. The van der Waals surface area contributed by atoms with Gasteiger partial charge in [0.2, 0.25) is 0 Å². The molecule has 2 amide bonds. The van der Waals surface area contributed by atoms with Crippen LogP contribution in [0.2, 0.25) is 0 Å². The lowest BCUT2D eigenvalue weighted by Gasteiger charge is -2.39. The summed E-state index contributed by atoms with van der Waals surface area (Å²) in [4.78, 5) is 16.1. The van der Waals surface area contributed by atoms with E-state index in [2.05, 4.69) is 12.2 Å². The van der Waals surface area contributed by atoms with E-state index in [-0.39, 0.29) is 17.4 Å². The molecule has 0 bridgehead atoms. The number of amides is 2. The third-order valence-electron chi connectivity index (χ3n) is 4.41. The van der Waals surface area contributed by atoms with E-state index in [0.29, 0.717) is 38.3 Å². The third-order valence-corrected chi connectivity index (χ3v) is 4.41. The molecule has 0 radical (unpaired) electrons. The first-order chi connectivity index (χ1) is 11.3. The molecule has 5 nitrogen and oxygen atoms in total. The van der Waals surface area contributed by atoms with Gasteiger partial charge in [0.25, 0.3) is 0 Å². The Labute approximate surface area is 143 Å². The van der Waals surface area contributed by atoms with Gasteiger partial charge in [-0.15, -0.1) is 0 Å². The van der Waals surface area contributed by atoms with Gasteiger partial charge in [-0.3, -0.25) is 0 Å². The van der Waals surface area contributed by atoms with Gasteiger partial charge in [0.15, 0.2) is 0 Å². The summed E-state index contributed by atoms with van der Waals surface area (Å²) in [6.07, 6.45) is 0.864. The highest BCUT2D eigenvalue weighted by molar-refractivity contribution is 5.74. The van der Waals surface area contributed by atoms with Gasteiger partial charge in [-0.25, -0.2) is 9.18 Å². The van der Waals surface area contributed by atoms with E-state index in [9.17, 15) is 9.18 Å². The molecule has 0 spiro atoms. The second-order valence-electron chi connectivity index (χ2n) is 6.90. The van der Waals surface area contributed by atoms with Crippen LogP contribution in [0.25, 0.3) is 0 Å². The standard InChI is InChI=1S/C18H28FN3O2/c1-5-18(2)13-22(8-9-24-18)17(23)20-11-14-6-7-16(19)15(10-14)12-21(3)4/h6-7,10H,5,8-9,11-13H2,1-4H3,(H,20,23). The Morgan fingerprint density at radius 1 is 1.46 bits per heavy atom. The fraction of sp³-hybridized carbons (Fsp3) is 0.611. The molecule has 1 unspecified atom stereocenters. The van der Waals surface area contributed by atoms with Gasteiger partial charge >= 0.3 is 6.03 Å². The Morgan fingerprint density at radius 2 is 2.21 bits per heavy atom. The minimum absolute atomic E-state index is 0.101. The summed E-state index contributed by atoms with van der Waals surface area (Å²) in [5.74, 6) is -0.217. The average Bonchev–Trinajstić information content (AvgIpc) is 2.55. The number of hydrogen-bond donors (Lipinski definition) is 1. The van der Waals surface area contributed by atoms with E-state index in [1.165, 1.54) is 6.07 Å². The summed E-state index contributed by atoms with van der Waals surface area (Å²) in [5.41, 5.74) is 1.26. The fourth-order valence-corrected chi connectivity index (χ4v) is 2.81. The zero-order valence-corrected chi connectivity index (χ0v) is 15.1. The van der Waals surface area contributed by atoms with Crippen LogP contribution < -0.4 is 5.32 Å². The first-order valence-electron chi connectivity index (χ1n) is 8.42. The smallest absolute Gasteiger partial charge is 0.317 e. The van der Waals surface area contributed by atoms with Crippen LogP contribution in [0.1, 0.15) is 31.4 Å². The van der Waals surface area contributed by atoms with Crippen molar-refractivity contribution in [3.8, 4) is 0 Å². The number of ether oxygens (including phenoxy) is 1. The number of halogens is 1. The van der Waals surface area contributed by atoms with Crippen molar-refractivity contribution in [1.82, 2.24) is 15.1 Å². The molecule has 24 heavy (non-hydrogen) atoms. The Bertz CT molecular complexity index is 579. The SMILES string of the molecule is CCC1(C)CN(C(=O)NCc2ccc(F)c(CN(C)C)c2)CCO1. The predicted molar refractivity (Wildman–Crippen MR) is 92.2 cm³/mol. The number of hydrogen-bond acceptors (Lipinski definition) is 3. The van der Waals surface area contributed by atoms with Crippen molar-refractivity contribution in [1.29, 1.82) is 0 Å². The maximum Gasteiger partial charge on any atom is 0.317 e. The van der Waals surface area contributed by atoms with Gasteiger partial charge < -0.3 is 19.9 Å². The highest BCUT2D eigenvalue weighted by Gasteiger charge is 2.32. The molecule has 1 fully saturated rings. The maximum atomic E-state index is 13.8. The topological polar surface area (TPSA) is 44.8 Å². The lowest BCUT2D eigenvalue weighted by Crippen LogP contribution is -2.54. The van der Waals surface area contributed by atoms with Crippen molar-refractivity contribution in [2.75, 3.05) is 33.8 Å². The first-order valence-corrected chi connectivity index (χ1v) is 8.42. The van der Waals surface area contributed by atoms with Gasteiger partial charge in [-0.2, -0.15) is 0 Å². The van der Waals surface area contributed by atoms with Crippen LogP contribution in [0, 0.1) is 5.82 Å². The van der Waals surface area contributed by atoms with Crippen LogP contribution in [0.4, 0.5) is 9.18 Å². The van der Waals surface area contributed by atoms with Gasteiger partial charge in [0, 0.05) is 25.2 Å². The number of rotatable bonds is 5. The van der Waals surface area contributed by atoms with E-state index in [0.717, 1.165) is 12.0 Å². The number of morpholine rings is 1. The maximum absolute atomic E-state index is 13.8. The summed E-state index contributed by atoms with van der Waals surface area (Å²) >= 11 is 0. The van der Waals surface area contributed by atoms with Crippen molar-refractivity contribution in [3.63, 3.8) is 0 Å². The first kappa shape index (κ1) is 18.7. The lowest BCUT2D eigenvalue weighted by molar-refractivity contribution is -0.0872. The molecule has 1 aromatic rings. The molecule has 0 aromatic heterocycles. The number of carbonyl (C=O) groups excluding carboxylic acids is 1. The highest BCUT2D eigenvalue weighted by Crippen LogP contribution is 2.21. The van der Waals surface area contributed by atoms with Crippen molar-refractivity contribution < 1.29 is 13.9 Å². The normalized spacial score (nSPS) is 21.2. The van der Waals surface area contributed by atoms with E-state index in [1.54, 1.807) is 11.0 Å². The summed E-state index contributed by atoms with van der Waals surface area (Å²) in [6, 6.07) is 4.88. The molecule has 0 aliphatic carbocycles.